The predicted octanol–water partition coefficient (Wildman–Crippen LogP) is 2.60. The lowest BCUT2D eigenvalue weighted by atomic mass is 9.92. The van der Waals surface area contributed by atoms with Crippen LogP contribution in [0.25, 0.3) is 0 Å². The van der Waals surface area contributed by atoms with Gasteiger partial charge in [-0.2, -0.15) is 0 Å². The molecule has 1 saturated heterocycles. The maximum Gasteiger partial charge on any atom is 0.0379 e. The average molecular weight is 216 g/mol. The molecule has 1 aromatic rings. The zero-order chi connectivity index (χ0) is 11.1. The van der Waals surface area contributed by atoms with Gasteiger partial charge in [-0.3, -0.25) is 0 Å². The molecule has 0 radical (unpaired) electrons. The number of hydrogen-bond donors (Lipinski definition) is 1. The number of likely N-dealkylation sites (tertiary alicyclic amines) is 1. The van der Waals surface area contributed by atoms with Gasteiger partial charge in [0.2, 0.25) is 0 Å². The number of rotatable bonds is 0. The molecule has 0 saturated carbocycles. The zero-order valence-electron chi connectivity index (χ0n) is 10.2. The Labute approximate surface area is 97.6 Å². The Bertz CT molecular complexity index is 400. The van der Waals surface area contributed by atoms with Crippen LogP contribution in [0.3, 0.4) is 0 Å². The summed E-state index contributed by atoms with van der Waals surface area (Å²) in [5, 5.41) is 3.70. The number of aryl methyl sites for hydroxylation is 1. The van der Waals surface area contributed by atoms with Gasteiger partial charge in [0.05, 0.1) is 0 Å². The van der Waals surface area contributed by atoms with Crippen molar-refractivity contribution in [3.05, 3.63) is 29.3 Å². The standard InChI is InChI=1S/C14H20N2/c1-10-5-6-14-11(8-10)12-9-16(2)7-3-4-13(12)15-14/h5-6,8,12-13,15H,3-4,7,9H2,1-2H3. The summed E-state index contributed by atoms with van der Waals surface area (Å²) in [6, 6.07) is 7.49. The summed E-state index contributed by atoms with van der Waals surface area (Å²) in [6.45, 7) is 4.64. The molecular weight excluding hydrogens is 196 g/mol. The molecule has 2 aliphatic rings. The molecule has 1 fully saturated rings. The number of nitrogens with one attached hydrogen (secondary N) is 1. The van der Waals surface area contributed by atoms with Crippen molar-refractivity contribution in [2.45, 2.75) is 31.7 Å². The van der Waals surface area contributed by atoms with Crippen molar-refractivity contribution < 1.29 is 0 Å². The van der Waals surface area contributed by atoms with Gasteiger partial charge in [-0.15, -0.1) is 0 Å². The first kappa shape index (κ1) is 10.2. The van der Waals surface area contributed by atoms with Crippen LogP contribution in [-0.2, 0) is 0 Å². The van der Waals surface area contributed by atoms with Crippen LogP contribution in [0.2, 0.25) is 0 Å². The van der Waals surface area contributed by atoms with E-state index in [1.165, 1.54) is 37.2 Å². The SMILES string of the molecule is Cc1ccc2c(c1)C1CN(C)CCCC1N2. The van der Waals surface area contributed by atoms with Crippen LogP contribution in [0.1, 0.15) is 29.9 Å². The topological polar surface area (TPSA) is 15.3 Å². The van der Waals surface area contributed by atoms with E-state index in [2.05, 4.69) is 42.4 Å². The van der Waals surface area contributed by atoms with Crippen LogP contribution in [0.15, 0.2) is 18.2 Å². The predicted molar refractivity (Wildman–Crippen MR) is 68.1 cm³/mol. The van der Waals surface area contributed by atoms with Gasteiger partial charge in [-0.05, 0) is 45.0 Å². The van der Waals surface area contributed by atoms with Crippen molar-refractivity contribution in [1.82, 2.24) is 4.90 Å². The van der Waals surface area contributed by atoms with Gasteiger partial charge in [0.25, 0.3) is 0 Å². The van der Waals surface area contributed by atoms with Crippen LogP contribution >= 0.6 is 0 Å². The lowest BCUT2D eigenvalue weighted by Gasteiger charge is -2.20. The molecule has 1 N–H and O–H groups in total. The maximum absolute atomic E-state index is 3.70. The Morgan fingerprint density at radius 1 is 1.38 bits per heavy atom. The van der Waals surface area contributed by atoms with Gasteiger partial charge in [-0.25, -0.2) is 0 Å². The highest BCUT2D eigenvalue weighted by atomic mass is 15.1. The first-order chi connectivity index (χ1) is 7.74. The molecule has 3 rings (SSSR count). The fourth-order valence-electron chi connectivity index (χ4n) is 3.14. The third-order valence-corrected chi connectivity index (χ3v) is 4.00. The largest absolute Gasteiger partial charge is 0.381 e. The van der Waals surface area contributed by atoms with Gasteiger partial charge in [0, 0.05) is 24.2 Å². The van der Waals surface area contributed by atoms with Crippen LogP contribution in [0.5, 0.6) is 0 Å². The van der Waals surface area contributed by atoms with E-state index in [4.69, 9.17) is 0 Å². The second-order valence-corrected chi connectivity index (χ2v) is 5.35. The van der Waals surface area contributed by atoms with E-state index >= 15 is 0 Å². The molecular formula is C14H20N2. The van der Waals surface area contributed by atoms with E-state index in [1.54, 1.807) is 5.56 Å². The molecule has 2 heteroatoms. The molecule has 2 aliphatic heterocycles. The number of likely N-dealkylation sites (N-methyl/N-ethyl adjacent to an activating group) is 1. The number of hydrogen-bond acceptors (Lipinski definition) is 2. The lowest BCUT2D eigenvalue weighted by Crippen LogP contribution is -2.27. The van der Waals surface area contributed by atoms with Crippen molar-refractivity contribution in [3.63, 3.8) is 0 Å². The summed E-state index contributed by atoms with van der Waals surface area (Å²) in [4.78, 5) is 2.48. The van der Waals surface area contributed by atoms with Gasteiger partial charge in [0.15, 0.2) is 0 Å². The Morgan fingerprint density at radius 3 is 3.12 bits per heavy atom. The quantitative estimate of drug-likeness (QED) is 0.717. The smallest absolute Gasteiger partial charge is 0.0379 e. The molecule has 2 atom stereocenters. The molecule has 16 heavy (non-hydrogen) atoms. The molecule has 2 unspecified atom stereocenters. The summed E-state index contributed by atoms with van der Waals surface area (Å²) in [5.41, 5.74) is 4.29. The summed E-state index contributed by atoms with van der Waals surface area (Å²) < 4.78 is 0. The Balaban J connectivity index is 1.97. The maximum atomic E-state index is 3.70. The molecule has 0 aliphatic carbocycles. The van der Waals surface area contributed by atoms with E-state index in [0.29, 0.717) is 12.0 Å². The van der Waals surface area contributed by atoms with Crippen molar-refractivity contribution in [1.29, 1.82) is 0 Å². The van der Waals surface area contributed by atoms with E-state index in [-0.39, 0.29) is 0 Å². The first-order valence-electron chi connectivity index (χ1n) is 6.29. The van der Waals surface area contributed by atoms with E-state index < -0.39 is 0 Å². The first-order valence-corrected chi connectivity index (χ1v) is 6.29. The highest BCUT2D eigenvalue weighted by Gasteiger charge is 2.33. The summed E-state index contributed by atoms with van der Waals surface area (Å²) in [7, 11) is 2.25. The monoisotopic (exact) mass is 216 g/mol. The normalized spacial score (nSPS) is 29.1. The number of anilines is 1. The van der Waals surface area contributed by atoms with Gasteiger partial charge in [0.1, 0.15) is 0 Å². The zero-order valence-corrected chi connectivity index (χ0v) is 10.2. The van der Waals surface area contributed by atoms with Crippen molar-refractivity contribution in [3.8, 4) is 0 Å². The van der Waals surface area contributed by atoms with Crippen molar-refractivity contribution in [2.24, 2.45) is 0 Å². The van der Waals surface area contributed by atoms with Crippen LogP contribution in [0, 0.1) is 6.92 Å². The fraction of sp³-hybridized carbons (Fsp3) is 0.571. The fourth-order valence-corrected chi connectivity index (χ4v) is 3.14. The minimum Gasteiger partial charge on any atom is -0.381 e. The second kappa shape index (κ2) is 3.77. The van der Waals surface area contributed by atoms with Crippen LogP contribution in [0.4, 0.5) is 5.69 Å². The Kier molecular flexibility index (Phi) is 2.40. The Hall–Kier alpha value is -1.02. The second-order valence-electron chi connectivity index (χ2n) is 5.35. The molecule has 1 aromatic carbocycles. The lowest BCUT2D eigenvalue weighted by molar-refractivity contribution is 0.332. The summed E-state index contributed by atoms with van der Waals surface area (Å²) in [5.74, 6) is 0.697. The molecule has 86 valence electrons. The van der Waals surface area contributed by atoms with Gasteiger partial charge >= 0.3 is 0 Å². The molecule has 2 heterocycles. The highest BCUT2D eigenvalue weighted by molar-refractivity contribution is 5.60. The third kappa shape index (κ3) is 1.61. The minimum atomic E-state index is 0.668. The summed E-state index contributed by atoms with van der Waals surface area (Å²) >= 11 is 0. The van der Waals surface area contributed by atoms with E-state index in [1.807, 2.05) is 0 Å². The highest BCUT2D eigenvalue weighted by Crippen LogP contribution is 2.39. The van der Waals surface area contributed by atoms with Crippen molar-refractivity contribution >= 4 is 5.69 Å². The van der Waals surface area contributed by atoms with E-state index in [9.17, 15) is 0 Å². The molecule has 2 nitrogen and oxygen atoms in total. The minimum absolute atomic E-state index is 0.668. The molecule has 0 aromatic heterocycles. The van der Waals surface area contributed by atoms with Crippen LogP contribution < -0.4 is 5.32 Å². The molecule has 0 amide bonds. The van der Waals surface area contributed by atoms with Gasteiger partial charge < -0.3 is 10.2 Å². The number of nitrogens with zero attached hydrogens (tertiary/aromatic N) is 1. The third-order valence-electron chi connectivity index (χ3n) is 4.00. The molecule has 0 bridgehead atoms. The Morgan fingerprint density at radius 2 is 2.25 bits per heavy atom. The van der Waals surface area contributed by atoms with E-state index in [0.717, 1.165) is 0 Å². The van der Waals surface area contributed by atoms with Crippen molar-refractivity contribution in [2.75, 3.05) is 25.5 Å². The van der Waals surface area contributed by atoms with Crippen LogP contribution in [-0.4, -0.2) is 31.1 Å². The van der Waals surface area contributed by atoms with Gasteiger partial charge in [-0.1, -0.05) is 17.7 Å². The summed E-state index contributed by atoms with van der Waals surface area (Å²) in [6.07, 6.45) is 2.63. The average Bonchev–Trinajstić information content (AvgIpc) is 2.47. The molecule has 0 spiro atoms. The number of benzene rings is 1. The number of fused-ring (bicyclic) bond motifs is 3.